The minimum absolute atomic E-state index is 0.407. The van der Waals surface area contributed by atoms with Crippen LogP contribution in [0.15, 0.2) is 52.1 Å². The van der Waals surface area contributed by atoms with Crippen molar-refractivity contribution in [2.45, 2.75) is 32.2 Å². The monoisotopic (exact) mass is 340 g/mol. The third-order valence-corrected chi connectivity index (χ3v) is 4.63. The van der Waals surface area contributed by atoms with Crippen molar-refractivity contribution < 1.29 is 4.42 Å². The summed E-state index contributed by atoms with van der Waals surface area (Å²) in [4.78, 5) is 6.81. The molecule has 2 heterocycles. The zero-order chi connectivity index (χ0) is 17.5. The number of piperidine rings is 1. The molecule has 0 radical (unpaired) electrons. The first-order chi connectivity index (χ1) is 12.2. The van der Waals surface area contributed by atoms with Crippen LogP contribution in [0.1, 0.15) is 24.2 Å². The topological polar surface area (TPSA) is 52.8 Å². The Balaban J connectivity index is 1.49. The van der Waals surface area contributed by atoms with Crippen LogP contribution in [0.5, 0.6) is 0 Å². The minimum Gasteiger partial charge on any atom is -0.469 e. The van der Waals surface area contributed by atoms with E-state index in [0.29, 0.717) is 6.04 Å². The summed E-state index contributed by atoms with van der Waals surface area (Å²) < 4.78 is 5.36. The highest BCUT2D eigenvalue weighted by atomic mass is 16.3. The molecule has 2 aromatic rings. The Bertz CT molecular complexity index is 664. The first kappa shape index (κ1) is 17.4. The van der Waals surface area contributed by atoms with E-state index in [2.05, 4.69) is 51.7 Å². The molecule has 0 aliphatic carbocycles. The van der Waals surface area contributed by atoms with Crippen LogP contribution in [0.4, 0.5) is 5.69 Å². The molecule has 0 saturated carbocycles. The molecule has 0 amide bonds. The van der Waals surface area contributed by atoms with Crippen molar-refractivity contribution in [3.05, 3.63) is 54.0 Å². The highest BCUT2D eigenvalue weighted by molar-refractivity contribution is 5.80. The van der Waals surface area contributed by atoms with Gasteiger partial charge in [-0.2, -0.15) is 0 Å². The fraction of sp³-hybridized carbons (Fsp3) is 0.450. The summed E-state index contributed by atoms with van der Waals surface area (Å²) >= 11 is 0. The average molecular weight is 340 g/mol. The Morgan fingerprint density at radius 1 is 1.28 bits per heavy atom. The number of aryl methyl sites for hydroxylation is 1. The molecule has 134 valence electrons. The number of anilines is 1. The van der Waals surface area contributed by atoms with Crippen LogP contribution in [0.2, 0.25) is 0 Å². The number of aliphatic imine (C=N–C) groups is 1. The van der Waals surface area contributed by atoms with Crippen LogP contribution < -0.4 is 15.5 Å². The molecule has 3 rings (SSSR count). The summed E-state index contributed by atoms with van der Waals surface area (Å²) in [5, 5.41) is 6.94. The van der Waals surface area contributed by atoms with Gasteiger partial charge in [0.05, 0.1) is 6.26 Å². The third kappa shape index (κ3) is 5.02. The second-order valence-electron chi connectivity index (χ2n) is 6.59. The molecule has 0 spiro atoms. The van der Waals surface area contributed by atoms with Gasteiger partial charge in [-0.3, -0.25) is 4.99 Å². The van der Waals surface area contributed by atoms with Crippen molar-refractivity contribution in [3.8, 4) is 0 Å². The van der Waals surface area contributed by atoms with E-state index in [0.717, 1.165) is 37.8 Å². The van der Waals surface area contributed by atoms with E-state index in [-0.39, 0.29) is 0 Å². The Morgan fingerprint density at radius 3 is 2.84 bits per heavy atom. The maximum absolute atomic E-state index is 5.36. The van der Waals surface area contributed by atoms with Crippen molar-refractivity contribution in [1.29, 1.82) is 0 Å². The zero-order valence-corrected chi connectivity index (χ0v) is 15.2. The lowest BCUT2D eigenvalue weighted by Crippen LogP contribution is -2.51. The van der Waals surface area contributed by atoms with Gasteiger partial charge in [0.1, 0.15) is 5.76 Å². The van der Waals surface area contributed by atoms with Gasteiger partial charge in [-0.25, -0.2) is 0 Å². The molecule has 1 aromatic carbocycles. The molecule has 1 aliphatic heterocycles. The zero-order valence-electron chi connectivity index (χ0n) is 15.2. The minimum atomic E-state index is 0.407. The van der Waals surface area contributed by atoms with Gasteiger partial charge < -0.3 is 20.0 Å². The highest BCUT2D eigenvalue weighted by Crippen LogP contribution is 2.20. The van der Waals surface area contributed by atoms with E-state index in [9.17, 15) is 0 Å². The number of benzene rings is 1. The molecule has 5 nitrogen and oxygen atoms in total. The number of hydrogen-bond acceptors (Lipinski definition) is 3. The van der Waals surface area contributed by atoms with Crippen molar-refractivity contribution in [1.82, 2.24) is 10.6 Å². The fourth-order valence-electron chi connectivity index (χ4n) is 3.23. The molecule has 1 unspecified atom stereocenters. The quantitative estimate of drug-likeness (QED) is 0.649. The molecular weight excluding hydrogens is 312 g/mol. The van der Waals surface area contributed by atoms with E-state index in [4.69, 9.17) is 4.42 Å². The van der Waals surface area contributed by atoms with Gasteiger partial charge in [0.25, 0.3) is 0 Å². The first-order valence-corrected chi connectivity index (χ1v) is 9.06. The normalized spacial score (nSPS) is 18.2. The van der Waals surface area contributed by atoms with E-state index in [1.54, 1.807) is 6.26 Å². The van der Waals surface area contributed by atoms with Gasteiger partial charge in [0, 0.05) is 44.8 Å². The maximum Gasteiger partial charge on any atom is 0.191 e. The SMILES string of the molecule is CN=C(NCCc1ccco1)NC1CCCN(c2ccc(C)cc2)C1. The predicted molar refractivity (Wildman–Crippen MR) is 103 cm³/mol. The van der Waals surface area contributed by atoms with Crippen molar-refractivity contribution in [2.75, 3.05) is 31.6 Å². The predicted octanol–water partition coefficient (Wildman–Crippen LogP) is 2.96. The molecule has 1 fully saturated rings. The van der Waals surface area contributed by atoms with Crippen molar-refractivity contribution >= 4 is 11.6 Å². The Labute approximate surface area is 150 Å². The highest BCUT2D eigenvalue weighted by Gasteiger charge is 2.20. The second-order valence-corrected chi connectivity index (χ2v) is 6.59. The van der Waals surface area contributed by atoms with Crippen LogP contribution in [-0.4, -0.2) is 38.7 Å². The number of nitrogens with zero attached hydrogens (tertiary/aromatic N) is 2. The second kappa shape index (κ2) is 8.60. The van der Waals surface area contributed by atoms with E-state index in [1.165, 1.54) is 24.1 Å². The van der Waals surface area contributed by atoms with Crippen LogP contribution in [0.3, 0.4) is 0 Å². The Kier molecular flexibility index (Phi) is 5.99. The third-order valence-electron chi connectivity index (χ3n) is 4.63. The molecular formula is C20H28N4O. The molecule has 2 N–H and O–H groups in total. The number of guanidine groups is 1. The van der Waals surface area contributed by atoms with Gasteiger partial charge in [0.15, 0.2) is 5.96 Å². The van der Waals surface area contributed by atoms with Crippen LogP contribution in [0.25, 0.3) is 0 Å². The van der Waals surface area contributed by atoms with E-state index < -0.39 is 0 Å². The van der Waals surface area contributed by atoms with E-state index in [1.807, 2.05) is 19.2 Å². The lowest BCUT2D eigenvalue weighted by atomic mass is 10.0. The van der Waals surface area contributed by atoms with Gasteiger partial charge in [-0.05, 0) is 44.0 Å². The smallest absolute Gasteiger partial charge is 0.191 e. The number of nitrogens with one attached hydrogen (secondary N) is 2. The molecule has 5 heteroatoms. The summed E-state index contributed by atoms with van der Waals surface area (Å²) in [5.41, 5.74) is 2.61. The van der Waals surface area contributed by atoms with Crippen LogP contribution in [-0.2, 0) is 6.42 Å². The summed E-state index contributed by atoms with van der Waals surface area (Å²) in [7, 11) is 1.82. The summed E-state index contributed by atoms with van der Waals surface area (Å²) in [6, 6.07) is 13.1. The largest absolute Gasteiger partial charge is 0.469 e. The lowest BCUT2D eigenvalue weighted by Gasteiger charge is -2.35. The average Bonchev–Trinajstić information content (AvgIpc) is 3.15. The molecule has 0 bridgehead atoms. The molecule has 1 saturated heterocycles. The Morgan fingerprint density at radius 2 is 2.12 bits per heavy atom. The molecule has 25 heavy (non-hydrogen) atoms. The molecule has 1 aromatic heterocycles. The van der Waals surface area contributed by atoms with Crippen molar-refractivity contribution in [2.24, 2.45) is 4.99 Å². The summed E-state index contributed by atoms with van der Waals surface area (Å²) in [6.07, 6.45) is 4.92. The van der Waals surface area contributed by atoms with Crippen LogP contribution in [0, 0.1) is 6.92 Å². The first-order valence-electron chi connectivity index (χ1n) is 9.06. The van der Waals surface area contributed by atoms with E-state index >= 15 is 0 Å². The summed E-state index contributed by atoms with van der Waals surface area (Å²) in [5.74, 6) is 1.86. The van der Waals surface area contributed by atoms with Crippen molar-refractivity contribution in [3.63, 3.8) is 0 Å². The number of furan rings is 1. The van der Waals surface area contributed by atoms with Gasteiger partial charge in [-0.15, -0.1) is 0 Å². The van der Waals surface area contributed by atoms with Gasteiger partial charge in [0.2, 0.25) is 0 Å². The fourth-order valence-corrected chi connectivity index (χ4v) is 3.23. The van der Waals surface area contributed by atoms with Crippen LogP contribution >= 0.6 is 0 Å². The standard InChI is InChI=1S/C20H28N4O/c1-16-7-9-18(10-8-16)24-13-3-5-17(15-24)23-20(21-2)22-12-11-19-6-4-14-25-19/h4,6-10,14,17H,3,5,11-13,15H2,1-2H3,(H2,21,22,23). The number of rotatable bonds is 5. The lowest BCUT2D eigenvalue weighted by molar-refractivity contribution is 0.466. The maximum atomic E-state index is 5.36. The molecule has 1 atom stereocenters. The van der Waals surface area contributed by atoms with Gasteiger partial charge >= 0.3 is 0 Å². The van der Waals surface area contributed by atoms with Gasteiger partial charge in [-0.1, -0.05) is 17.7 Å². The summed E-state index contributed by atoms with van der Waals surface area (Å²) in [6.45, 7) is 5.05. The number of hydrogen-bond donors (Lipinski definition) is 2. The molecule has 1 aliphatic rings. The Hall–Kier alpha value is -2.43.